The van der Waals surface area contributed by atoms with Crippen LogP contribution in [0.4, 0.5) is 0 Å². The molecule has 0 aliphatic carbocycles. The lowest BCUT2D eigenvalue weighted by atomic mass is 9.77. The highest BCUT2D eigenvalue weighted by Gasteiger charge is 2.40. The van der Waals surface area contributed by atoms with Crippen molar-refractivity contribution in [3.63, 3.8) is 0 Å². The summed E-state index contributed by atoms with van der Waals surface area (Å²) < 4.78 is 0. The topological polar surface area (TPSA) is 3.24 Å². The Bertz CT molecular complexity index is 860. The summed E-state index contributed by atoms with van der Waals surface area (Å²) in [6, 6.07) is 27.8. The Balaban J connectivity index is 1.84. The molecule has 1 atom stereocenters. The van der Waals surface area contributed by atoms with Gasteiger partial charge in [0.25, 0.3) is 0 Å². The van der Waals surface area contributed by atoms with Gasteiger partial charge in [-0.25, -0.2) is 0 Å². The lowest BCUT2D eigenvalue weighted by Crippen LogP contribution is -2.49. The zero-order valence-electron chi connectivity index (χ0n) is 14.5. The molecule has 0 amide bonds. The quantitative estimate of drug-likeness (QED) is 0.590. The van der Waals surface area contributed by atoms with Gasteiger partial charge in [0.15, 0.2) is 0 Å². The summed E-state index contributed by atoms with van der Waals surface area (Å²) in [5, 5.41) is 0.888. The zero-order valence-corrected chi connectivity index (χ0v) is 15.2. The zero-order chi connectivity index (χ0) is 17.3. The first kappa shape index (κ1) is 16.4. The van der Waals surface area contributed by atoms with Crippen molar-refractivity contribution in [3.05, 3.63) is 106 Å². The molecule has 1 nitrogen and oxygen atoms in total. The number of halogens is 1. The predicted molar refractivity (Wildman–Crippen MR) is 105 cm³/mol. The van der Waals surface area contributed by atoms with E-state index in [0.29, 0.717) is 0 Å². The number of hydrogen-bond donors (Lipinski definition) is 0. The number of fused-ring (bicyclic) bond motifs is 1. The Morgan fingerprint density at radius 3 is 2.28 bits per heavy atom. The third kappa shape index (κ3) is 2.88. The van der Waals surface area contributed by atoms with Crippen molar-refractivity contribution < 1.29 is 0 Å². The molecule has 0 bridgehead atoms. The molecule has 1 heterocycles. The molecule has 126 valence electrons. The highest BCUT2D eigenvalue weighted by molar-refractivity contribution is 6.31. The minimum atomic E-state index is -0.185. The fraction of sp³-hybridized carbons (Fsp3) is 0.217. The molecule has 1 unspecified atom stereocenters. The maximum Gasteiger partial charge on any atom is 0.0693 e. The third-order valence-electron chi connectivity index (χ3n) is 5.46. The molecule has 1 aliphatic heterocycles. The highest BCUT2D eigenvalue weighted by Crippen LogP contribution is 2.43. The van der Waals surface area contributed by atoms with Gasteiger partial charge in [-0.1, -0.05) is 84.4 Å². The molecule has 0 aromatic heterocycles. The molecule has 0 spiro atoms. The monoisotopic (exact) mass is 347 g/mol. The van der Waals surface area contributed by atoms with Crippen molar-refractivity contribution in [2.75, 3.05) is 6.54 Å². The van der Waals surface area contributed by atoms with Crippen molar-refractivity contribution in [3.8, 4) is 0 Å². The molecular formula is C23H22ClN. The van der Waals surface area contributed by atoms with Crippen LogP contribution in [0.1, 0.15) is 29.2 Å². The normalized spacial score (nSPS) is 20.2. The van der Waals surface area contributed by atoms with Gasteiger partial charge in [0, 0.05) is 18.1 Å². The molecule has 0 N–H and O–H groups in total. The number of rotatable bonds is 3. The second-order valence-corrected chi connectivity index (χ2v) is 7.27. The van der Waals surface area contributed by atoms with E-state index in [0.717, 1.165) is 24.5 Å². The Labute approximate surface area is 154 Å². The summed E-state index contributed by atoms with van der Waals surface area (Å²) in [6.45, 7) is 4.26. The van der Waals surface area contributed by atoms with Gasteiger partial charge in [-0.05, 0) is 41.7 Å². The smallest absolute Gasteiger partial charge is 0.0693 e. The SMILES string of the molecule is CC1(c2ccccc2)c2cccc(Cl)c2CCN1Cc1ccccc1. The van der Waals surface area contributed by atoms with E-state index in [4.69, 9.17) is 11.6 Å². The number of nitrogens with zero attached hydrogens (tertiary/aromatic N) is 1. The second-order valence-electron chi connectivity index (χ2n) is 6.86. The summed E-state index contributed by atoms with van der Waals surface area (Å²) in [6.07, 6.45) is 0.990. The first-order valence-electron chi connectivity index (χ1n) is 8.82. The Hall–Kier alpha value is -2.09. The first-order chi connectivity index (χ1) is 12.2. The minimum absolute atomic E-state index is 0.185. The van der Waals surface area contributed by atoms with Gasteiger partial charge in [-0.3, -0.25) is 4.90 Å². The molecule has 0 radical (unpaired) electrons. The summed E-state index contributed by atoms with van der Waals surface area (Å²) >= 11 is 6.55. The van der Waals surface area contributed by atoms with Crippen LogP contribution in [0.25, 0.3) is 0 Å². The van der Waals surface area contributed by atoms with Crippen molar-refractivity contribution in [2.45, 2.75) is 25.4 Å². The van der Waals surface area contributed by atoms with Crippen LogP contribution in [0.5, 0.6) is 0 Å². The standard InChI is InChI=1S/C23H22ClN/c1-23(19-11-6-3-7-12-19)21-13-8-14-22(24)20(21)15-16-25(23)17-18-9-4-2-5-10-18/h2-14H,15-17H2,1H3. The lowest BCUT2D eigenvalue weighted by molar-refractivity contribution is 0.117. The largest absolute Gasteiger partial charge is 0.285 e. The Morgan fingerprint density at radius 1 is 0.880 bits per heavy atom. The second kappa shape index (κ2) is 6.67. The van der Waals surface area contributed by atoms with Crippen LogP contribution in [0, 0.1) is 0 Å². The third-order valence-corrected chi connectivity index (χ3v) is 5.81. The number of benzene rings is 3. The summed E-state index contributed by atoms with van der Waals surface area (Å²) in [5.41, 5.74) is 5.09. The minimum Gasteiger partial charge on any atom is -0.285 e. The van der Waals surface area contributed by atoms with Crippen molar-refractivity contribution in [2.24, 2.45) is 0 Å². The molecule has 2 heteroatoms. The molecule has 3 aromatic rings. The van der Waals surface area contributed by atoms with Gasteiger partial charge in [0.05, 0.1) is 5.54 Å². The molecule has 4 rings (SSSR count). The molecule has 0 saturated heterocycles. The van der Waals surface area contributed by atoms with E-state index in [1.807, 2.05) is 6.07 Å². The number of hydrogen-bond acceptors (Lipinski definition) is 1. The van der Waals surface area contributed by atoms with Crippen LogP contribution in [0.2, 0.25) is 5.02 Å². The molecule has 3 aromatic carbocycles. The Morgan fingerprint density at radius 2 is 1.56 bits per heavy atom. The predicted octanol–water partition coefficient (Wildman–Crippen LogP) is 5.66. The van der Waals surface area contributed by atoms with E-state index in [1.54, 1.807) is 0 Å². The van der Waals surface area contributed by atoms with Gasteiger partial charge in [-0.2, -0.15) is 0 Å². The van der Waals surface area contributed by atoms with E-state index in [2.05, 4.69) is 84.6 Å². The highest BCUT2D eigenvalue weighted by atomic mass is 35.5. The fourth-order valence-corrected chi connectivity index (χ4v) is 4.32. The van der Waals surface area contributed by atoms with Crippen LogP contribution >= 0.6 is 11.6 Å². The van der Waals surface area contributed by atoms with Crippen LogP contribution in [-0.4, -0.2) is 11.4 Å². The summed E-state index contributed by atoms with van der Waals surface area (Å²) in [7, 11) is 0. The molecule has 25 heavy (non-hydrogen) atoms. The van der Waals surface area contributed by atoms with Crippen molar-refractivity contribution >= 4 is 11.6 Å². The van der Waals surface area contributed by atoms with E-state index < -0.39 is 0 Å². The molecule has 0 saturated carbocycles. The van der Waals surface area contributed by atoms with Crippen LogP contribution < -0.4 is 0 Å². The Kier molecular flexibility index (Phi) is 4.37. The summed E-state index contributed by atoms with van der Waals surface area (Å²) in [4.78, 5) is 2.58. The summed E-state index contributed by atoms with van der Waals surface area (Å²) in [5.74, 6) is 0. The van der Waals surface area contributed by atoms with E-state index in [-0.39, 0.29) is 5.54 Å². The van der Waals surface area contributed by atoms with Crippen LogP contribution in [0.3, 0.4) is 0 Å². The molecule has 1 aliphatic rings. The lowest BCUT2D eigenvalue weighted by Gasteiger charge is -2.47. The van der Waals surface area contributed by atoms with Crippen molar-refractivity contribution in [1.82, 2.24) is 4.90 Å². The van der Waals surface area contributed by atoms with Gasteiger partial charge < -0.3 is 0 Å². The maximum absolute atomic E-state index is 6.55. The first-order valence-corrected chi connectivity index (χ1v) is 9.20. The molecular weight excluding hydrogens is 326 g/mol. The van der Waals surface area contributed by atoms with Crippen LogP contribution in [-0.2, 0) is 18.5 Å². The van der Waals surface area contributed by atoms with Gasteiger partial charge in [0.2, 0.25) is 0 Å². The molecule has 0 fully saturated rings. The fourth-order valence-electron chi connectivity index (χ4n) is 4.05. The van der Waals surface area contributed by atoms with Gasteiger partial charge >= 0.3 is 0 Å². The maximum atomic E-state index is 6.55. The van der Waals surface area contributed by atoms with E-state index in [9.17, 15) is 0 Å². The van der Waals surface area contributed by atoms with E-state index >= 15 is 0 Å². The van der Waals surface area contributed by atoms with Gasteiger partial charge in [-0.15, -0.1) is 0 Å². The average molecular weight is 348 g/mol. The van der Waals surface area contributed by atoms with Crippen molar-refractivity contribution in [1.29, 1.82) is 0 Å². The van der Waals surface area contributed by atoms with Gasteiger partial charge in [0.1, 0.15) is 0 Å². The van der Waals surface area contributed by atoms with Crippen LogP contribution in [0.15, 0.2) is 78.9 Å². The average Bonchev–Trinajstić information content (AvgIpc) is 2.66. The van der Waals surface area contributed by atoms with E-state index in [1.165, 1.54) is 22.3 Å².